The van der Waals surface area contributed by atoms with Gasteiger partial charge in [0.2, 0.25) is 0 Å². The second kappa shape index (κ2) is 12.6. The predicted octanol–water partition coefficient (Wildman–Crippen LogP) is 3.05. The molecule has 0 saturated carbocycles. The molecule has 0 unspecified atom stereocenters. The number of carbonyl (C=O) groups is 1. The summed E-state index contributed by atoms with van der Waals surface area (Å²) in [6.07, 6.45) is 7.31. The number of nitrogens with zero attached hydrogens (tertiary/aromatic N) is 2. The molecule has 5 N–H and O–H groups in total. The summed E-state index contributed by atoms with van der Waals surface area (Å²) in [5.41, 5.74) is 9.25. The number of ether oxygens (including phenoxy) is 1. The number of hydrogen-bond donors (Lipinski definition) is 4. The number of nitrogens with one attached hydrogen (secondary N) is 1. The van der Waals surface area contributed by atoms with Gasteiger partial charge in [-0.1, -0.05) is 36.9 Å². The van der Waals surface area contributed by atoms with Crippen molar-refractivity contribution in [1.29, 1.82) is 0 Å². The maximum absolute atomic E-state index is 11.0. The fourth-order valence-corrected chi connectivity index (χ4v) is 3.97. The smallest absolute Gasteiger partial charge is 0.335 e. The summed E-state index contributed by atoms with van der Waals surface area (Å²) in [4.78, 5) is 15.4. The van der Waals surface area contributed by atoms with Crippen molar-refractivity contribution < 1.29 is 19.7 Å². The molecule has 1 heterocycles. The van der Waals surface area contributed by atoms with Crippen LogP contribution in [0.15, 0.2) is 73.1 Å². The summed E-state index contributed by atoms with van der Waals surface area (Å²) in [6, 6.07) is 10.6. The van der Waals surface area contributed by atoms with Crippen molar-refractivity contribution in [2.75, 3.05) is 33.3 Å². The van der Waals surface area contributed by atoms with Crippen LogP contribution in [-0.4, -0.2) is 59.3 Å². The number of nitrogens with two attached hydrogens (primary N) is 1. The number of hydrogen-bond acceptors (Lipinski definition) is 7. The van der Waals surface area contributed by atoms with Crippen LogP contribution in [0.3, 0.4) is 0 Å². The summed E-state index contributed by atoms with van der Waals surface area (Å²) < 4.78 is 5.41. The van der Waals surface area contributed by atoms with Crippen molar-refractivity contribution in [2.45, 2.75) is 19.6 Å². The molecule has 8 heteroatoms. The van der Waals surface area contributed by atoms with E-state index in [1.54, 1.807) is 37.5 Å². The molecule has 0 atom stereocenters. The average molecular weight is 479 g/mol. The third-order valence-corrected chi connectivity index (χ3v) is 5.94. The first-order valence-corrected chi connectivity index (χ1v) is 11.5. The van der Waals surface area contributed by atoms with Crippen LogP contribution in [-0.2, 0) is 19.6 Å². The Hall–Kier alpha value is -3.75. The Morgan fingerprint density at radius 1 is 1.11 bits per heavy atom. The number of phenols is 1. The largest absolute Gasteiger partial charge is 0.504 e. The zero-order chi connectivity index (χ0) is 25.2. The second-order valence-corrected chi connectivity index (χ2v) is 8.39. The quantitative estimate of drug-likeness (QED) is 0.365. The summed E-state index contributed by atoms with van der Waals surface area (Å²) >= 11 is 0. The van der Waals surface area contributed by atoms with E-state index in [1.807, 2.05) is 30.4 Å². The predicted molar refractivity (Wildman–Crippen MR) is 137 cm³/mol. The van der Waals surface area contributed by atoms with Gasteiger partial charge in [0.15, 0.2) is 11.5 Å². The highest BCUT2D eigenvalue weighted by Gasteiger charge is 2.20. The molecule has 0 spiro atoms. The van der Waals surface area contributed by atoms with Gasteiger partial charge >= 0.3 is 5.97 Å². The van der Waals surface area contributed by atoms with Crippen LogP contribution in [0.5, 0.6) is 11.5 Å². The first kappa shape index (κ1) is 25.9. The summed E-state index contributed by atoms with van der Waals surface area (Å²) in [6.45, 7) is 8.72. The number of methoxy groups -OCH3 is 1. The maximum atomic E-state index is 11.0. The molecule has 35 heavy (non-hydrogen) atoms. The lowest BCUT2D eigenvalue weighted by molar-refractivity contribution is 0.0697. The maximum Gasteiger partial charge on any atom is 0.335 e. The molecular weight excluding hydrogens is 444 g/mol. The van der Waals surface area contributed by atoms with E-state index in [1.165, 1.54) is 0 Å². The Labute approximate surface area is 206 Å². The van der Waals surface area contributed by atoms with E-state index in [2.05, 4.69) is 21.7 Å². The lowest BCUT2D eigenvalue weighted by Crippen LogP contribution is -2.46. The average Bonchev–Trinajstić information content (AvgIpc) is 2.86. The van der Waals surface area contributed by atoms with Crippen LogP contribution in [0.2, 0.25) is 0 Å². The van der Waals surface area contributed by atoms with Crippen LogP contribution in [0.1, 0.15) is 27.0 Å². The van der Waals surface area contributed by atoms with E-state index in [0.29, 0.717) is 25.4 Å². The van der Waals surface area contributed by atoms with E-state index in [9.17, 15) is 9.90 Å². The Bertz CT molecular complexity index is 1070. The molecule has 2 aromatic rings. The van der Waals surface area contributed by atoms with Gasteiger partial charge in [-0.3, -0.25) is 4.90 Å². The van der Waals surface area contributed by atoms with Gasteiger partial charge in [0, 0.05) is 51.4 Å². The first-order valence-electron chi connectivity index (χ1n) is 11.5. The van der Waals surface area contributed by atoms with Crippen molar-refractivity contribution in [1.82, 2.24) is 15.1 Å². The normalized spacial score (nSPS) is 14.9. The Balaban J connectivity index is 1.59. The highest BCUT2D eigenvalue weighted by molar-refractivity contribution is 5.87. The lowest BCUT2D eigenvalue weighted by Gasteiger charge is -2.36. The molecule has 1 aliphatic heterocycles. The van der Waals surface area contributed by atoms with Crippen LogP contribution in [0.25, 0.3) is 0 Å². The Kier molecular flexibility index (Phi) is 9.34. The molecule has 0 aromatic heterocycles. The van der Waals surface area contributed by atoms with Crippen LogP contribution in [0, 0.1) is 0 Å². The highest BCUT2D eigenvalue weighted by Crippen LogP contribution is 2.32. The number of benzene rings is 2. The molecule has 8 nitrogen and oxygen atoms in total. The molecule has 186 valence electrons. The van der Waals surface area contributed by atoms with Gasteiger partial charge in [0.25, 0.3) is 0 Å². The molecule has 0 radical (unpaired) electrons. The van der Waals surface area contributed by atoms with Crippen molar-refractivity contribution in [3.63, 3.8) is 0 Å². The van der Waals surface area contributed by atoms with Gasteiger partial charge in [-0.05, 0) is 41.5 Å². The van der Waals surface area contributed by atoms with E-state index >= 15 is 0 Å². The minimum Gasteiger partial charge on any atom is -0.504 e. The summed E-state index contributed by atoms with van der Waals surface area (Å²) in [7, 11) is 1.55. The van der Waals surface area contributed by atoms with E-state index in [-0.39, 0.29) is 11.3 Å². The number of allylic oxidation sites excluding steroid dienone is 4. The van der Waals surface area contributed by atoms with E-state index in [0.717, 1.165) is 48.7 Å². The van der Waals surface area contributed by atoms with Crippen LogP contribution >= 0.6 is 0 Å². The lowest BCUT2D eigenvalue weighted by atomic mass is 10.1. The molecule has 1 aliphatic rings. The molecule has 1 saturated heterocycles. The van der Waals surface area contributed by atoms with Gasteiger partial charge in [-0.15, -0.1) is 0 Å². The minimum atomic E-state index is -0.935. The Morgan fingerprint density at radius 2 is 1.80 bits per heavy atom. The van der Waals surface area contributed by atoms with Crippen LogP contribution in [0.4, 0.5) is 0 Å². The first-order chi connectivity index (χ1) is 16.9. The van der Waals surface area contributed by atoms with Gasteiger partial charge in [-0.25, -0.2) is 4.79 Å². The van der Waals surface area contributed by atoms with Crippen molar-refractivity contribution in [3.8, 4) is 11.5 Å². The topological polar surface area (TPSA) is 111 Å². The number of phenolic OH excluding ortho intramolecular Hbond substituents is 1. The fraction of sp³-hybridized carbons (Fsp3) is 0.296. The standard InChI is InChI=1S/C27H34N4O4/c1-3-4-5-6-25(28)31-13-11-30(12-14-31)19-23-15-21(16-24(35-2)26(23)32)18-29-17-20-7-9-22(10-8-20)27(33)34/h3-10,15-16,29,32H,1,11-14,17-19,28H2,2H3,(H,33,34)/b5-4-,25-6+. The minimum absolute atomic E-state index is 0.164. The van der Waals surface area contributed by atoms with E-state index in [4.69, 9.17) is 15.6 Å². The van der Waals surface area contributed by atoms with Crippen molar-refractivity contribution in [3.05, 3.63) is 95.4 Å². The molecule has 0 bridgehead atoms. The Morgan fingerprint density at radius 3 is 2.43 bits per heavy atom. The highest BCUT2D eigenvalue weighted by atomic mass is 16.5. The number of carboxylic acid groups (broad SMARTS) is 1. The fourth-order valence-electron chi connectivity index (χ4n) is 3.97. The molecule has 1 fully saturated rings. The molecule has 0 amide bonds. The summed E-state index contributed by atoms with van der Waals surface area (Å²) in [5, 5.41) is 23.1. The SMILES string of the molecule is C=C/C=C\C=C(/N)N1CCN(Cc2cc(CNCc3ccc(C(=O)O)cc3)cc(OC)c2O)CC1. The van der Waals surface area contributed by atoms with Crippen molar-refractivity contribution >= 4 is 5.97 Å². The molecular formula is C27H34N4O4. The second-order valence-electron chi connectivity index (χ2n) is 8.39. The molecule has 3 rings (SSSR count). The number of aromatic hydroxyl groups is 1. The van der Waals surface area contributed by atoms with Gasteiger partial charge < -0.3 is 30.9 Å². The van der Waals surface area contributed by atoms with Crippen molar-refractivity contribution in [2.24, 2.45) is 5.73 Å². The van der Waals surface area contributed by atoms with Gasteiger partial charge in [0.1, 0.15) is 0 Å². The number of piperazine rings is 1. The number of aromatic carboxylic acids is 1. The summed E-state index contributed by atoms with van der Waals surface area (Å²) in [5.74, 6) is 0.412. The third kappa shape index (κ3) is 7.37. The zero-order valence-corrected chi connectivity index (χ0v) is 20.1. The van der Waals surface area contributed by atoms with E-state index < -0.39 is 5.97 Å². The monoisotopic (exact) mass is 478 g/mol. The molecule has 0 aliphatic carbocycles. The zero-order valence-electron chi connectivity index (χ0n) is 20.1. The molecule has 2 aromatic carbocycles. The number of rotatable bonds is 11. The third-order valence-electron chi connectivity index (χ3n) is 5.94. The van der Waals surface area contributed by atoms with Gasteiger partial charge in [0.05, 0.1) is 18.5 Å². The number of carboxylic acids is 1. The van der Waals surface area contributed by atoms with Crippen LogP contribution < -0.4 is 15.8 Å². The van der Waals surface area contributed by atoms with Gasteiger partial charge in [-0.2, -0.15) is 0 Å².